The van der Waals surface area contributed by atoms with E-state index in [0.29, 0.717) is 0 Å². The Balaban J connectivity index is 2.96. The molecule has 0 saturated carbocycles. The van der Waals surface area contributed by atoms with Gasteiger partial charge in [-0.25, -0.2) is 17.9 Å². The van der Waals surface area contributed by atoms with Crippen LogP contribution in [0.1, 0.15) is 10.4 Å². The Morgan fingerprint density at radius 1 is 1.43 bits per heavy atom. The molecule has 1 rings (SSSR count). The van der Waals surface area contributed by atoms with Crippen molar-refractivity contribution in [2.45, 2.75) is 0 Å². The largest absolute Gasteiger partial charge is 0.465 e. The van der Waals surface area contributed by atoms with Crippen molar-refractivity contribution in [3.8, 4) is 0 Å². The molecule has 0 bridgehead atoms. The average Bonchev–Trinajstić information content (AvgIpc) is 2.45. The summed E-state index contributed by atoms with van der Waals surface area (Å²) in [7, 11) is -0.964. The van der Waals surface area contributed by atoms with E-state index in [-0.39, 0.29) is 29.2 Å². The molecule has 0 saturated heterocycles. The molecule has 21 heavy (non-hydrogen) atoms. The molecule has 10 heteroatoms. The second-order valence-electron chi connectivity index (χ2n) is 3.93. The number of carbonyl (C=O) groups excluding carboxylic acids is 1. The quantitative estimate of drug-likeness (QED) is 0.421. The first-order valence-electron chi connectivity index (χ1n) is 5.82. The third kappa shape index (κ3) is 4.68. The molecule has 2 N–H and O–H groups in total. The Morgan fingerprint density at radius 2 is 2.10 bits per heavy atom. The first kappa shape index (κ1) is 16.9. The lowest BCUT2D eigenvalue weighted by atomic mass is 10.1. The van der Waals surface area contributed by atoms with E-state index in [4.69, 9.17) is 0 Å². The number of anilines is 1. The molecule has 0 radical (unpaired) electrons. The fraction of sp³-hybridized carbons (Fsp3) is 0.364. The number of nitro groups is 1. The fourth-order valence-electron chi connectivity index (χ4n) is 1.50. The predicted molar refractivity (Wildman–Crippen MR) is 75.8 cm³/mol. The van der Waals surface area contributed by atoms with Crippen LogP contribution in [0.5, 0.6) is 0 Å². The zero-order valence-electron chi connectivity index (χ0n) is 11.5. The van der Waals surface area contributed by atoms with Crippen LogP contribution < -0.4 is 10.0 Å². The molecule has 0 aliphatic heterocycles. The van der Waals surface area contributed by atoms with Crippen molar-refractivity contribution in [2.24, 2.45) is 0 Å². The van der Waals surface area contributed by atoms with Gasteiger partial charge in [-0.3, -0.25) is 10.1 Å². The number of methoxy groups -OCH3 is 1. The summed E-state index contributed by atoms with van der Waals surface area (Å²) >= 11 is 0. The molecule has 1 aromatic rings. The third-order valence-electron chi connectivity index (χ3n) is 2.61. The van der Waals surface area contributed by atoms with Crippen LogP contribution in [0.4, 0.5) is 11.4 Å². The minimum Gasteiger partial charge on any atom is -0.465 e. The van der Waals surface area contributed by atoms with Gasteiger partial charge in [0.05, 0.1) is 23.3 Å². The molecule has 0 atom stereocenters. The van der Waals surface area contributed by atoms with Gasteiger partial charge in [0, 0.05) is 12.6 Å². The normalized spacial score (nSPS) is 11.0. The number of rotatable bonds is 7. The van der Waals surface area contributed by atoms with Crippen LogP contribution in [0.2, 0.25) is 0 Å². The number of nitro benzene ring substituents is 1. The molecule has 0 spiro atoms. The highest BCUT2D eigenvalue weighted by molar-refractivity contribution is 7.89. The maximum Gasteiger partial charge on any atom is 0.337 e. The minimum absolute atomic E-state index is 0.0470. The van der Waals surface area contributed by atoms with Crippen LogP contribution >= 0.6 is 0 Å². The highest BCUT2D eigenvalue weighted by atomic mass is 32.2. The van der Waals surface area contributed by atoms with Crippen LogP contribution in [-0.4, -0.2) is 45.8 Å². The second kappa shape index (κ2) is 6.99. The summed E-state index contributed by atoms with van der Waals surface area (Å²) in [4.78, 5) is 21.7. The smallest absolute Gasteiger partial charge is 0.337 e. The number of sulfonamides is 1. The molecule has 0 unspecified atom stereocenters. The van der Waals surface area contributed by atoms with E-state index < -0.39 is 20.9 Å². The lowest BCUT2D eigenvalue weighted by molar-refractivity contribution is -0.384. The van der Waals surface area contributed by atoms with Crippen LogP contribution in [-0.2, 0) is 14.8 Å². The van der Waals surface area contributed by atoms with E-state index in [1.807, 2.05) is 0 Å². The molecular weight excluding hydrogens is 302 g/mol. The standard InChI is InChI=1S/C11H15N3O6S/c1-12-21(18,19)6-5-13-9-7-8(11(15)20-2)3-4-10(9)14(16)17/h3-4,7,12-13H,5-6H2,1-2H3. The molecule has 1 aromatic carbocycles. The second-order valence-corrected chi connectivity index (χ2v) is 5.98. The topological polar surface area (TPSA) is 128 Å². The van der Waals surface area contributed by atoms with E-state index in [1.165, 1.54) is 26.3 Å². The molecule has 0 aliphatic rings. The molecule has 0 heterocycles. The van der Waals surface area contributed by atoms with Crippen LogP contribution in [0, 0.1) is 10.1 Å². The van der Waals surface area contributed by atoms with Gasteiger partial charge in [0.15, 0.2) is 0 Å². The Morgan fingerprint density at radius 3 is 2.62 bits per heavy atom. The molecule has 0 amide bonds. The number of benzene rings is 1. The van der Waals surface area contributed by atoms with Crippen molar-refractivity contribution < 1.29 is 22.9 Å². The Labute approximate surface area is 121 Å². The van der Waals surface area contributed by atoms with Gasteiger partial charge in [-0.2, -0.15) is 0 Å². The van der Waals surface area contributed by atoms with Gasteiger partial charge < -0.3 is 10.1 Å². The number of hydrogen-bond donors (Lipinski definition) is 2. The summed E-state index contributed by atoms with van der Waals surface area (Å²) in [5.41, 5.74) is -0.0826. The molecule has 0 aliphatic carbocycles. The maximum atomic E-state index is 11.4. The summed E-state index contributed by atoms with van der Waals surface area (Å²) in [6.07, 6.45) is 0. The van der Waals surface area contributed by atoms with E-state index >= 15 is 0 Å². The Kier molecular flexibility index (Phi) is 5.61. The maximum absolute atomic E-state index is 11.4. The minimum atomic E-state index is -3.43. The zero-order valence-corrected chi connectivity index (χ0v) is 12.3. The van der Waals surface area contributed by atoms with Gasteiger partial charge in [-0.1, -0.05) is 0 Å². The van der Waals surface area contributed by atoms with Crippen molar-refractivity contribution in [1.29, 1.82) is 0 Å². The number of esters is 1. The Hall–Kier alpha value is -2.20. The fourth-order valence-corrected chi connectivity index (χ4v) is 2.08. The molecule has 9 nitrogen and oxygen atoms in total. The molecular formula is C11H15N3O6S. The zero-order chi connectivity index (χ0) is 16.0. The molecule has 116 valence electrons. The van der Waals surface area contributed by atoms with Crippen molar-refractivity contribution in [1.82, 2.24) is 4.72 Å². The number of ether oxygens (including phenoxy) is 1. The lowest BCUT2D eigenvalue weighted by Gasteiger charge is -2.08. The van der Waals surface area contributed by atoms with Crippen LogP contribution in [0.3, 0.4) is 0 Å². The van der Waals surface area contributed by atoms with E-state index in [9.17, 15) is 23.3 Å². The first-order valence-corrected chi connectivity index (χ1v) is 7.48. The number of hydrogen-bond acceptors (Lipinski definition) is 7. The van der Waals surface area contributed by atoms with Gasteiger partial charge >= 0.3 is 5.97 Å². The number of carbonyl (C=O) groups is 1. The summed E-state index contributed by atoms with van der Waals surface area (Å²) in [5.74, 6) is -0.904. The summed E-state index contributed by atoms with van der Waals surface area (Å²) in [6, 6.07) is 3.66. The first-order chi connectivity index (χ1) is 9.80. The van der Waals surface area contributed by atoms with E-state index in [2.05, 4.69) is 14.8 Å². The van der Waals surface area contributed by atoms with Crippen LogP contribution in [0.25, 0.3) is 0 Å². The Bertz CT molecular complexity index is 643. The monoisotopic (exact) mass is 317 g/mol. The van der Waals surface area contributed by atoms with Gasteiger partial charge in [0.1, 0.15) is 5.69 Å². The SMILES string of the molecule is CNS(=O)(=O)CCNc1cc(C(=O)OC)ccc1[N+](=O)[O-]. The van der Waals surface area contributed by atoms with Gasteiger partial charge in [0.2, 0.25) is 10.0 Å². The van der Waals surface area contributed by atoms with Crippen molar-refractivity contribution in [3.63, 3.8) is 0 Å². The van der Waals surface area contributed by atoms with E-state index in [0.717, 1.165) is 6.07 Å². The van der Waals surface area contributed by atoms with Gasteiger partial charge in [0.25, 0.3) is 5.69 Å². The van der Waals surface area contributed by atoms with Crippen molar-refractivity contribution in [2.75, 3.05) is 31.8 Å². The van der Waals surface area contributed by atoms with Gasteiger partial charge in [-0.05, 0) is 19.2 Å². The molecule has 0 fully saturated rings. The highest BCUT2D eigenvalue weighted by Gasteiger charge is 2.17. The summed E-state index contributed by atoms with van der Waals surface area (Å²) < 4.78 is 29.2. The van der Waals surface area contributed by atoms with Crippen LogP contribution in [0.15, 0.2) is 18.2 Å². The summed E-state index contributed by atoms with van der Waals surface area (Å²) in [5, 5.41) is 13.5. The third-order valence-corrected chi connectivity index (χ3v) is 3.98. The average molecular weight is 317 g/mol. The summed E-state index contributed by atoms with van der Waals surface area (Å²) in [6.45, 7) is -0.0470. The predicted octanol–water partition coefficient (Wildman–Crippen LogP) is 0.342. The molecule has 0 aromatic heterocycles. The number of nitrogens with one attached hydrogen (secondary N) is 2. The van der Waals surface area contributed by atoms with Crippen molar-refractivity contribution in [3.05, 3.63) is 33.9 Å². The van der Waals surface area contributed by atoms with Gasteiger partial charge in [-0.15, -0.1) is 0 Å². The lowest BCUT2D eigenvalue weighted by Crippen LogP contribution is -2.26. The van der Waals surface area contributed by atoms with E-state index in [1.54, 1.807) is 0 Å². The number of nitrogens with zero attached hydrogens (tertiary/aromatic N) is 1. The van der Waals surface area contributed by atoms with Crippen molar-refractivity contribution >= 4 is 27.4 Å². The highest BCUT2D eigenvalue weighted by Crippen LogP contribution is 2.25.